The van der Waals surface area contributed by atoms with E-state index in [1.807, 2.05) is 6.07 Å². The van der Waals surface area contributed by atoms with Crippen molar-refractivity contribution >= 4 is 11.8 Å². The van der Waals surface area contributed by atoms with Crippen LogP contribution in [0.5, 0.6) is 0 Å². The Morgan fingerprint density at radius 2 is 2.27 bits per heavy atom. The highest BCUT2D eigenvalue weighted by atomic mass is 32.2. The Labute approximate surface area is 94.9 Å². The van der Waals surface area contributed by atoms with Gasteiger partial charge in [0.2, 0.25) is 0 Å². The molecule has 0 bridgehead atoms. The van der Waals surface area contributed by atoms with E-state index in [1.54, 1.807) is 24.3 Å². The van der Waals surface area contributed by atoms with Crippen molar-refractivity contribution in [2.45, 2.75) is 36.8 Å². The molecule has 1 fully saturated rings. The fourth-order valence-corrected chi connectivity index (χ4v) is 2.98. The lowest BCUT2D eigenvalue weighted by atomic mass is 10.0. The zero-order valence-electron chi connectivity index (χ0n) is 8.80. The van der Waals surface area contributed by atoms with Crippen molar-refractivity contribution in [1.29, 1.82) is 0 Å². The molecule has 0 aromatic carbocycles. The first kappa shape index (κ1) is 10.9. The van der Waals surface area contributed by atoms with Gasteiger partial charge in [0.05, 0.1) is 5.03 Å². The van der Waals surface area contributed by atoms with Crippen LogP contribution in [0.25, 0.3) is 0 Å². The minimum atomic E-state index is 0.326. The van der Waals surface area contributed by atoms with Gasteiger partial charge < -0.3 is 5.73 Å². The van der Waals surface area contributed by atoms with Gasteiger partial charge in [0.15, 0.2) is 0 Å². The Balaban J connectivity index is 1.77. The standard InChI is InChI=1S/C11H17N3S/c12-10(9-3-1-2-4-9)7-15-11-5-6-13-8-14-11/h5-6,8-10H,1-4,7,12H2. The van der Waals surface area contributed by atoms with Crippen molar-refractivity contribution in [3.05, 3.63) is 18.6 Å². The van der Waals surface area contributed by atoms with Crippen LogP contribution in [0.2, 0.25) is 0 Å². The van der Waals surface area contributed by atoms with Crippen molar-refractivity contribution in [2.75, 3.05) is 5.75 Å². The normalized spacial score (nSPS) is 19.3. The zero-order valence-corrected chi connectivity index (χ0v) is 9.62. The number of nitrogens with zero attached hydrogens (tertiary/aromatic N) is 2. The van der Waals surface area contributed by atoms with Crippen LogP contribution < -0.4 is 5.73 Å². The van der Waals surface area contributed by atoms with Crippen LogP contribution in [0.1, 0.15) is 25.7 Å². The summed E-state index contributed by atoms with van der Waals surface area (Å²) in [4.78, 5) is 8.07. The van der Waals surface area contributed by atoms with Gasteiger partial charge in [-0.2, -0.15) is 0 Å². The van der Waals surface area contributed by atoms with Crippen LogP contribution in [-0.2, 0) is 0 Å². The van der Waals surface area contributed by atoms with Crippen molar-refractivity contribution < 1.29 is 0 Å². The molecule has 0 amide bonds. The molecule has 1 unspecified atom stereocenters. The highest BCUT2D eigenvalue weighted by Crippen LogP contribution is 2.29. The highest BCUT2D eigenvalue weighted by molar-refractivity contribution is 7.99. The molecule has 1 aromatic heterocycles. The number of aromatic nitrogens is 2. The van der Waals surface area contributed by atoms with E-state index in [0.29, 0.717) is 6.04 Å². The molecule has 1 heterocycles. The third kappa shape index (κ3) is 3.18. The molecule has 4 heteroatoms. The minimum Gasteiger partial charge on any atom is -0.327 e. The van der Waals surface area contributed by atoms with Crippen molar-refractivity contribution in [2.24, 2.45) is 11.7 Å². The number of rotatable bonds is 4. The molecule has 1 aliphatic rings. The second-order valence-corrected chi connectivity index (χ2v) is 5.11. The van der Waals surface area contributed by atoms with E-state index in [0.717, 1.165) is 16.7 Å². The average Bonchev–Trinajstić information content (AvgIpc) is 2.81. The molecule has 3 nitrogen and oxygen atoms in total. The van der Waals surface area contributed by atoms with Gasteiger partial charge in [-0.25, -0.2) is 9.97 Å². The second kappa shape index (κ2) is 5.47. The van der Waals surface area contributed by atoms with Crippen molar-refractivity contribution in [3.8, 4) is 0 Å². The summed E-state index contributed by atoms with van der Waals surface area (Å²) in [6.45, 7) is 0. The predicted molar refractivity (Wildman–Crippen MR) is 62.7 cm³/mol. The van der Waals surface area contributed by atoms with Crippen LogP contribution in [0, 0.1) is 5.92 Å². The van der Waals surface area contributed by atoms with E-state index in [-0.39, 0.29) is 0 Å². The first-order valence-electron chi connectivity index (χ1n) is 5.50. The Kier molecular flexibility index (Phi) is 3.97. The van der Waals surface area contributed by atoms with Crippen molar-refractivity contribution in [3.63, 3.8) is 0 Å². The van der Waals surface area contributed by atoms with E-state index in [4.69, 9.17) is 5.73 Å². The molecule has 0 saturated heterocycles. The van der Waals surface area contributed by atoms with E-state index < -0.39 is 0 Å². The lowest BCUT2D eigenvalue weighted by Crippen LogP contribution is -2.30. The first-order valence-corrected chi connectivity index (χ1v) is 6.49. The van der Waals surface area contributed by atoms with E-state index in [2.05, 4.69) is 9.97 Å². The molecule has 1 aliphatic carbocycles. The van der Waals surface area contributed by atoms with Gasteiger partial charge in [-0.1, -0.05) is 12.8 Å². The van der Waals surface area contributed by atoms with Gasteiger partial charge in [-0.15, -0.1) is 11.8 Å². The summed E-state index contributed by atoms with van der Waals surface area (Å²) < 4.78 is 0. The summed E-state index contributed by atoms with van der Waals surface area (Å²) in [5.41, 5.74) is 6.16. The summed E-state index contributed by atoms with van der Waals surface area (Å²) in [7, 11) is 0. The van der Waals surface area contributed by atoms with Gasteiger partial charge in [-0.05, 0) is 24.8 Å². The van der Waals surface area contributed by atoms with Crippen LogP contribution >= 0.6 is 11.8 Å². The van der Waals surface area contributed by atoms with Gasteiger partial charge in [-0.3, -0.25) is 0 Å². The van der Waals surface area contributed by atoms with Gasteiger partial charge in [0.1, 0.15) is 6.33 Å². The summed E-state index contributed by atoms with van der Waals surface area (Å²) in [6, 6.07) is 2.26. The minimum absolute atomic E-state index is 0.326. The largest absolute Gasteiger partial charge is 0.327 e. The fraction of sp³-hybridized carbons (Fsp3) is 0.636. The molecule has 0 aliphatic heterocycles. The summed E-state index contributed by atoms with van der Waals surface area (Å²) in [5.74, 6) is 1.71. The average molecular weight is 223 g/mol. The maximum Gasteiger partial charge on any atom is 0.116 e. The Morgan fingerprint density at radius 3 is 2.93 bits per heavy atom. The fourth-order valence-electron chi connectivity index (χ4n) is 2.07. The molecule has 82 valence electrons. The Morgan fingerprint density at radius 1 is 1.47 bits per heavy atom. The van der Waals surface area contributed by atoms with Gasteiger partial charge in [0, 0.05) is 18.0 Å². The molecule has 0 radical (unpaired) electrons. The quantitative estimate of drug-likeness (QED) is 0.627. The smallest absolute Gasteiger partial charge is 0.116 e. The predicted octanol–water partition coefficient (Wildman–Crippen LogP) is 2.09. The van der Waals surface area contributed by atoms with E-state index >= 15 is 0 Å². The number of thioether (sulfide) groups is 1. The number of hydrogen-bond acceptors (Lipinski definition) is 4. The first-order chi connectivity index (χ1) is 7.36. The third-order valence-corrected chi connectivity index (χ3v) is 4.07. The lowest BCUT2D eigenvalue weighted by molar-refractivity contribution is 0.463. The maximum atomic E-state index is 6.16. The molecule has 1 saturated carbocycles. The molecular formula is C11H17N3S. The van der Waals surface area contributed by atoms with E-state index in [1.165, 1.54) is 25.7 Å². The maximum absolute atomic E-state index is 6.16. The molecule has 0 spiro atoms. The summed E-state index contributed by atoms with van der Waals surface area (Å²) in [6.07, 6.45) is 8.70. The van der Waals surface area contributed by atoms with Gasteiger partial charge >= 0.3 is 0 Å². The van der Waals surface area contributed by atoms with Crippen LogP contribution in [0.3, 0.4) is 0 Å². The molecule has 2 rings (SSSR count). The SMILES string of the molecule is NC(CSc1ccncn1)C1CCCC1. The van der Waals surface area contributed by atoms with Crippen LogP contribution in [0.4, 0.5) is 0 Å². The molecular weight excluding hydrogens is 206 g/mol. The Bertz CT molecular complexity index is 285. The van der Waals surface area contributed by atoms with Crippen molar-refractivity contribution in [1.82, 2.24) is 9.97 Å². The summed E-state index contributed by atoms with van der Waals surface area (Å²) >= 11 is 1.74. The molecule has 15 heavy (non-hydrogen) atoms. The zero-order chi connectivity index (χ0) is 10.5. The molecule has 1 aromatic rings. The Hall–Kier alpha value is -0.610. The monoisotopic (exact) mass is 223 g/mol. The second-order valence-electron chi connectivity index (χ2n) is 4.07. The highest BCUT2D eigenvalue weighted by Gasteiger charge is 2.21. The molecule has 2 N–H and O–H groups in total. The van der Waals surface area contributed by atoms with Crippen LogP contribution in [-0.4, -0.2) is 21.8 Å². The summed E-state index contributed by atoms with van der Waals surface area (Å²) in [5, 5.41) is 1.03. The lowest BCUT2D eigenvalue weighted by Gasteiger charge is -2.17. The van der Waals surface area contributed by atoms with Gasteiger partial charge in [0.25, 0.3) is 0 Å². The number of hydrogen-bond donors (Lipinski definition) is 1. The third-order valence-electron chi connectivity index (χ3n) is 2.98. The van der Waals surface area contributed by atoms with E-state index in [9.17, 15) is 0 Å². The topological polar surface area (TPSA) is 51.8 Å². The van der Waals surface area contributed by atoms with Crippen LogP contribution in [0.15, 0.2) is 23.6 Å². The molecule has 1 atom stereocenters. The number of nitrogens with two attached hydrogens (primary N) is 1.